The van der Waals surface area contributed by atoms with Crippen LogP contribution in [-0.2, 0) is 13.1 Å². The average Bonchev–Trinajstić information content (AvgIpc) is 2.67. The van der Waals surface area contributed by atoms with Gasteiger partial charge in [0.25, 0.3) is 0 Å². The van der Waals surface area contributed by atoms with Gasteiger partial charge in [0, 0.05) is 0 Å². The fourth-order valence-electron chi connectivity index (χ4n) is 2.86. The topological polar surface area (TPSA) is 31.2 Å². The molecule has 0 spiro atoms. The molecule has 0 fully saturated rings. The Morgan fingerprint density at radius 2 is 0.900 bits per heavy atom. The molecule has 0 saturated heterocycles. The van der Waals surface area contributed by atoms with E-state index >= 15 is 0 Å². The Bertz CT molecular complexity index is 777. The molecular weight excluding hydrogens is 400 g/mol. The van der Waals surface area contributed by atoms with Crippen molar-refractivity contribution >= 4 is 27.9 Å². The first-order valence-corrected chi connectivity index (χ1v) is 17.6. The van der Waals surface area contributed by atoms with Gasteiger partial charge < -0.3 is 9.35 Å². The zero-order valence-electron chi connectivity index (χ0n) is 20.0. The Labute approximate surface area is 185 Å². The molecule has 162 valence electrons. The smallest absolute Gasteiger partial charge is 0.169 e. The summed E-state index contributed by atoms with van der Waals surface area (Å²) in [4.78, 5) is 0. The summed E-state index contributed by atoms with van der Waals surface area (Å²) < 4.78 is 4.60. The molecule has 2 rings (SSSR count). The number of hydrogen-bond donors (Lipinski definition) is 0. The van der Waals surface area contributed by atoms with Crippen LogP contribution in [0.3, 0.4) is 0 Å². The third-order valence-corrected chi connectivity index (χ3v) is 8.58. The van der Waals surface area contributed by atoms with Gasteiger partial charge in [-0.1, -0.05) is 99.9 Å². The molecule has 0 bridgehead atoms. The molecule has 2 aromatic rings. The third-order valence-electron chi connectivity index (χ3n) is 4.96. The van der Waals surface area contributed by atoms with E-state index in [2.05, 4.69) is 123 Å². The standard InChI is InChI=1S/C24H38N4Si2/c1-21(25-27(29(3,4)5)19-23-15-11-9-12-16-23)22(2)26-28(30(6,7)8)20-24-17-13-10-14-18-24/h9-18H,19-20H2,1-8H3. The lowest BCUT2D eigenvalue weighted by Gasteiger charge is -2.33. The number of nitrogens with zero attached hydrogens (tertiary/aromatic N) is 4. The summed E-state index contributed by atoms with van der Waals surface area (Å²) in [6.07, 6.45) is 0. The zero-order valence-corrected chi connectivity index (χ0v) is 22.0. The second-order valence-electron chi connectivity index (χ2n) is 9.80. The highest BCUT2D eigenvalue weighted by atomic mass is 28.3. The average molecular weight is 439 g/mol. The lowest BCUT2D eigenvalue weighted by molar-refractivity contribution is 0.439. The van der Waals surface area contributed by atoms with Gasteiger partial charge in [0.05, 0.1) is 24.5 Å². The van der Waals surface area contributed by atoms with Gasteiger partial charge in [-0.05, 0) is 25.0 Å². The molecule has 0 aliphatic carbocycles. The molecular formula is C24H38N4Si2. The molecule has 0 heterocycles. The predicted octanol–water partition coefficient (Wildman–Crippen LogP) is 6.41. The monoisotopic (exact) mass is 438 g/mol. The van der Waals surface area contributed by atoms with Crippen molar-refractivity contribution in [2.45, 2.75) is 66.2 Å². The molecule has 2 aromatic carbocycles. The second kappa shape index (κ2) is 10.2. The first kappa shape index (κ1) is 24.1. The lowest BCUT2D eigenvalue weighted by atomic mass is 10.2. The van der Waals surface area contributed by atoms with Crippen LogP contribution in [0.2, 0.25) is 39.3 Å². The van der Waals surface area contributed by atoms with Crippen LogP contribution in [0.25, 0.3) is 0 Å². The van der Waals surface area contributed by atoms with Gasteiger partial charge >= 0.3 is 0 Å². The van der Waals surface area contributed by atoms with Crippen molar-refractivity contribution in [2.75, 3.05) is 0 Å². The lowest BCUT2D eigenvalue weighted by Crippen LogP contribution is -2.44. The van der Waals surface area contributed by atoms with Gasteiger partial charge in [-0.25, -0.2) is 0 Å². The van der Waals surface area contributed by atoms with Gasteiger partial charge in [-0.2, -0.15) is 10.2 Å². The van der Waals surface area contributed by atoms with Gasteiger partial charge in [0.1, 0.15) is 0 Å². The summed E-state index contributed by atoms with van der Waals surface area (Å²) in [6.45, 7) is 19.9. The van der Waals surface area contributed by atoms with Gasteiger partial charge in [-0.3, -0.25) is 0 Å². The highest BCUT2D eigenvalue weighted by Crippen LogP contribution is 2.17. The minimum Gasteiger partial charge on any atom is -0.320 e. The summed E-state index contributed by atoms with van der Waals surface area (Å²) in [5.41, 5.74) is 4.56. The molecule has 0 saturated carbocycles. The maximum atomic E-state index is 5.05. The zero-order chi connectivity index (χ0) is 22.4. The minimum absolute atomic E-state index is 0.836. The van der Waals surface area contributed by atoms with E-state index in [0.717, 1.165) is 24.5 Å². The second-order valence-corrected chi connectivity index (χ2v) is 19.5. The number of hydrazone groups is 2. The summed E-state index contributed by atoms with van der Waals surface area (Å²) in [5, 5.41) is 10.1. The molecule has 0 atom stereocenters. The van der Waals surface area contributed by atoms with Crippen LogP contribution in [0.15, 0.2) is 70.9 Å². The molecule has 0 unspecified atom stereocenters. The van der Waals surface area contributed by atoms with Crippen LogP contribution in [0.1, 0.15) is 25.0 Å². The van der Waals surface area contributed by atoms with Crippen molar-refractivity contribution in [1.29, 1.82) is 0 Å². The van der Waals surface area contributed by atoms with Crippen molar-refractivity contribution in [3.05, 3.63) is 71.8 Å². The first-order valence-electron chi connectivity index (χ1n) is 10.7. The normalized spacial score (nSPS) is 13.3. The van der Waals surface area contributed by atoms with Crippen LogP contribution < -0.4 is 0 Å². The summed E-state index contributed by atoms with van der Waals surface area (Å²) >= 11 is 0. The first-order chi connectivity index (χ1) is 14.0. The SMILES string of the molecule is CC(=NN(Cc1ccccc1)[Si](C)(C)C)C(C)=NN(Cc1ccccc1)[Si](C)(C)C. The van der Waals surface area contributed by atoms with Crippen LogP contribution >= 0.6 is 0 Å². The van der Waals surface area contributed by atoms with Crippen LogP contribution in [0.5, 0.6) is 0 Å². The molecule has 0 aliphatic rings. The van der Waals surface area contributed by atoms with Gasteiger partial charge in [0.15, 0.2) is 16.5 Å². The Balaban J connectivity index is 2.28. The molecule has 30 heavy (non-hydrogen) atoms. The van der Waals surface area contributed by atoms with Crippen LogP contribution in [0, 0.1) is 0 Å². The fraction of sp³-hybridized carbons (Fsp3) is 0.417. The van der Waals surface area contributed by atoms with E-state index in [4.69, 9.17) is 10.2 Å². The van der Waals surface area contributed by atoms with Gasteiger partial charge in [-0.15, -0.1) is 0 Å². The Morgan fingerprint density at radius 1 is 0.600 bits per heavy atom. The van der Waals surface area contributed by atoms with E-state index in [-0.39, 0.29) is 0 Å². The van der Waals surface area contributed by atoms with Crippen molar-refractivity contribution in [3.8, 4) is 0 Å². The van der Waals surface area contributed by atoms with E-state index in [1.807, 2.05) is 0 Å². The maximum absolute atomic E-state index is 5.05. The summed E-state index contributed by atoms with van der Waals surface area (Å²) in [7, 11) is -3.26. The molecule has 0 N–H and O–H groups in total. The van der Waals surface area contributed by atoms with Crippen molar-refractivity contribution in [3.63, 3.8) is 0 Å². The van der Waals surface area contributed by atoms with Gasteiger partial charge in [0.2, 0.25) is 0 Å². The van der Waals surface area contributed by atoms with Crippen molar-refractivity contribution < 1.29 is 0 Å². The highest BCUT2D eigenvalue weighted by Gasteiger charge is 2.25. The summed E-state index contributed by atoms with van der Waals surface area (Å²) in [6, 6.07) is 21.2. The number of benzene rings is 2. The van der Waals surface area contributed by atoms with E-state index in [1.165, 1.54) is 11.1 Å². The largest absolute Gasteiger partial charge is 0.320 e. The molecule has 0 radical (unpaired) electrons. The Hall–Kier alpha value is -2.19. The van der Waals surface area contributed by atoms with E-state index in [1.54, 1.807) is 0 Å². The minimum atomic E-state index is -1.63. The van der Waals surface area contributed by atoms with Crippen LogP contribution in [-0.4, -0.2) is 37.2 Å². The molecule has 4 nitrogen and oxygen atoms in total. The summed E-state index contributed by atoms with van der Waals surface area (Å²) in [5.74, 6) is 0. The van der Waals surface area contributed by atoms with E-state index < -0.39 is 16.5 Å². The molecule has 0 aromatic heterocycles. The molecule has 0 aliphatic heterocycles. The third kappa shape index (κ3) is 7.57. The number of hydrogen-bond acceptors (Lipinski definition) is 4. The highest BCUT2D eigenvalue weighted by molar-refractivity contribution is 6.73. The number of rotatable bonds is 9. The maximum Gasteiger partial charge on any atom is 0.169 e. The van der Waals surface area contributed by atoms with Crippen LogP contribution in [0.4, 0.5) is 0 Å². The predicted molar refractivity (Wildman–Crippen MR) is 137 cm³/mol. The molecule has 6 heteroatoms. The van der Waals surface area contributed by atoms with Crippen molar-refractivity contribution in [1.82, 2.24) is 9.35 Å². The molecule has 0 amide bonds. The van der Waals surface area contributed by atoms with E-state index in [0.29, 0.717) is 0 Å². The van der Waals surface area contributed by atoms with E-state index in [9.17, 15) is 0 Å². The fourth-order valence-corrected chi connectivity index (χ4v) is 5.08. The quantitative estimate of drug-likeness (QED) is 0.257. The Kier molecular flexibility index (Phi) is 8.20. The van der Waals surface area contributed by atoms with Crippen molar-refractivity contribution in [2.24, 2.45) is 10.2 Å². The Morgan fingerprint density at radius 3 is 1.17 bits per heavy atom.